The first-order valence-corrected chi connectivity index (χ1v) is 13.7. The van der Waals surface area contributed by atoms with E-state index >= 15 is 0 Å². The minimum atomic E-state index is -1.61. The zero-order valence-electron chi connectivity index (χ0n) is 21.8. The molecule has 38 heavy (non-hydrogen) atoms. The first-order valence-electron chi connectivity index (χ1n) is 13.7. The number of benzene rings is 2. The molecule has 2 radical (unpaired) electrons. The fourth-order valence-electron chi connectivity index (χ4n) is 6.75. The molecule has 2 bridgehead atoms. The summed E-state index contributed by atoms with van der Waals surface area (Å²) in [5.41, 5.74) is 0.737. The number of amides is 2. The van der Waals surface area contributed by atoms with Crippen molar-refractivity contribution < 1.29 is 24.2 Å². The van der Waals surface area contributed by atoms with E-state index < -0.39 is 5.62 Å². The number of carbonyl (C=O) groups excluding carboxylic acids is 2. The standard InChI is InChI=1S/C29H34BN3O5/c1-2-38-25-15-19(26(34)33-21-8-9-22(33)18-37-17-21)7-10-23(25)27(35)32-13-11-28(12-14-32)16-20-5-3-4-6-24(20)29(30,36)31-28/h3-7,10,15,21-22,31,36H,2,8-9,11-14,16-18H2,1H3. The molecule has 3 saturated heterocycles. The highest BCUT2D eigenvalue weighted by molar-refractivity contribution is 6.14. The van der Waals surface area contributed by atoms with Crippen molar-refractivity contribution in [3.63, 3.8) is 0 Å². The number of hydrogen-bond acceptors (Lipinski definition) is 6. The van der Waals surface area contributed by atoms with Gasteiger partial charge in [0.15, 0.2) is 0 Å². The molecule has 3 unspecified atom stereocenters. The monoisotopic (exact) mass is 515 g/mol. The zero-order chi connectivity index (χ0) is 26.5. The van der Waals surface area contributed by atoms with Crippen molar-refractivity contribution in [2.75, 3.05) is 32.9 Å². The molecule has 4 aliphatic rings. The average Bonchev–Trinajstić information content (AvgIpc) is 3.15. The van der Waals surface area contributed by atoms with Gasteiger partial charge in [-0.15, -0.1) is 0 Å². The molecule has 4 aliphatic heterocycles. The lowest BCUT2D eigenvalue weighted by molar-refractivity contribution is -0.00719. The van der Waals surface area contributed by atoms with E-state index in [-0.39, 0.29) is 29.4 Å². The van der Waals surface area contributed by atoms with Crippen LogP contribution in [0.2, 0.25) is 0 Å². The summed E-state index contributed by atoms with van der Waals surface area (Å²) in [7, 11) is 6.26. The van der Waals surface area contributed by atoms with Gasteiger partial charge in [0.2, 0.25) is 0 Å². The highest BCUT2D eigenvalue weighted by atomic mass is 16.5. The molecule has 2 amide bonds. The van der Waals surface area contributed by atoms with Gasteiger partial charge >= 0.3 is 0 Å². The summed E-state index contributed by atoms with van der Waals surface area (Å²) in [6, 6.07) is 13.1. The van der Waals surface area contributed by atoms with Crippen LogP contribution >= 0.6 is 0 Å². The Morgan fingerprint density at radius 1 is 1.11 bits per heavy atom. The second-order valence-electron chi connectivity index (χ2n) is 11.1. The molecule has 4 heterocycles. The van der Waals surface area contributed by atoms with E-state index in [0.717, 1.165) is 24.8 Å². The van der Waals surface area contributed by atoms with Crippen LogP contribution in [0.3, 0.4) is 0 Å². The van der Waals surface area contributed by atoms with Crippen LogP contribution in [0, 0.1) is 0 Å². The van der Waals surface area contributed by atoms with E-state index in [2.05, 4.69) is 5.32 Å². The number of rotatable bonds is 4. The number of fused-ring (bicyclic) bond motifs is 3. The third kappa shape index (κ3) is 4.40. The fourth-order valence-corrected chi connectivity index (χ4v) is 6.75. The van der Waals surface area contributed by atoms with Crippen LogP contribution in [0.25, 0.3) is 0 Å². The van der Waals surface area contributed by atoms with Crippen LogP contribution in [0.15, 0.2) is 42.5 Å². The summed E-state index contributed by atoms with van der Waals surface area (Å²) in [5.74, 6) is 0.289. The van der Waals surface area contributed by atoms with Crippen LogP contribution in [0.1, 0.15) is 64.4 Å². The Morgan fingerprint density at radius 3 is 2.53 bits per heavy atom. The van der Waals surface area contributed by atoms with Gasteiger partial charge in [-0.3, -0.25) is 14.9 Å². The maximum Gasteiger partial charge on any atom is 0.257 e. The van der Waals surface area contributed by atoms with Gasteiger partial charge < -0.3 is 24.4 Å². The van der Waals surface area contributed by atoms with E-state index in [1.54, 1.807) is 18.2 Å². The zero-order valence-corrected chi connectivity index (χ0v) is 21.8. The Morgan fingerprint density at radius 2 is 1.82 bits per heavy atom. The van der Waals surface area contributed by atoms with Crippen molar-refractivity contribution in [1.82, 2.24) is 15.1 Å². The quantitative estimate of drug-likeness (QED) is 0.607. The van der Waals surface area contributed by atoms with Crippen LogP contribution in [0.5, 0.6) is 5.75 Å². The molecule has 8 nitrogen and oxygen atoms in total. The molecule has 2 N–H and O–H groups in total. The fraction of sp³-hybridized carbons (Fsp3) is 0.517. The van der Waals surface area contributed by atoms with Crippen molar-refractivity contribution in [1.29, 1.82) is 0 Å². The normalized spacial score (nSPS) is 27.7. The minimum absolute atomic E-state index is 0.0291. The van der Waals surface area contributed by atoms with E-state index in [1.165, 1.54) is 0 Å². The smallest absolute Gasteiger partial charge is 0.257 e. The van der Waals surface area contributed by atoms with Gasteiger partial charge in [0, 0.05) is 24.2 Å². The van der Waals surface area contributed by atoms with Gasteiger partial charge in [-0.1, -0.05) is 24.3 Å². The lowest BCUT2D eigenvalue weighted by Gasteiger charge is -2.50. The first-order chi connectivity index (χ1) is 18.3. The van der Waals surface area contributed by atoms with Crippen molar-refractivity contribution in [2.45, 2.75) is 62.3 Å². The largest absolute Gasteiger partial charge is 0.493 e. The third-order valence-electron chi connectivity index (χ3n) is 8.65. The second kappa shape index (κ2) is 9.70. The maximum atomic E-state index is 13.6. The molecule has 0 aromatic heterocycles. The van der Waals surface area contributed by atoms with Crippen molar-refractivity contribution in [2.24, 2.45) is 0 Å². The highest BCUT2D eigenvalue weighted by Gasteiger charge is 2.45. The van der Waals surface area contributed by atoms with Crippen LogP contribution in [-0.4, -0.2) is 85.1 Å². The van der Waals surface area contributed by atoms with Crippen LogP contribution in [-0.2, 0) is 16.8 Å². The summed E-state index contributed by atoms with van der Waals surface area (Å²) in [6.07, 6.45) is 3.99. The number of nitrogens with zero attached hydrogens (tertiary/aromatic N) is 2. The van der Waals surface area contributed by atoms with Gasteiger partial charge in [0.25, 0.3) is 11.8 Å². The number of carbonyl (C=O) groups is 2. The highest BCUT2D eigenvalue weighted by Crippen LogP contribution is 2.38. The summed E-state index contributed by atoms with van der Waals surface area (Å²) < 4.78 is 11.5. The average molecular weight is 515 g/mol. The Labute approximate surface area is 224 Å². The molecule has 9 heteroatoms. The number of aliphatic hydroxyl groups is 1. The Kier molecular flexibility index (Phi) is 6.49. The summed E-state index contributed by atoms with van der Waals surface area (Å²) in [4.78, 5) is 30.8. The lowest BCUT2D eigenvalue weighted by atomic mass is 9.69. The maximum absolute atomic E-state index is 13.6. The number of nitrogens with one attached hydrogen (secondary N) is 1. The Hall–Kier alpha value is -2.88. The molecule has 2 aromatic rings. The van der Waals surface area contributed by atoms with Crippen molar-refractivity contribution >= 4 is 19.7 Å². The topological polar surface area (TPSA) is 91.3 Å². The van der Waals surface area contributed by atoms with Gasteiger partial charge in [0.1, 0.15) is 13.6 Å². The predicted molar refractivity (Wildman–Crippen MR) is 142 cm³/mol. The van der Waals surface area contributed by atoms with E-state index in [1.807, 2.05) is 41.0 Å². The van der Waals surface area contributed by atoms with E-state index in [9.17, 15) is 14.7 Å². The van der Waals surface area contributed by atoms with Gasteiger partial charge in [0.05, 0.1) is 43.1 Å². The van der Waals surface area contributed by atoms with Crippen molar-refractivity contribution in [3.05, 3.63) is 64.7 Å². The second-order valence-corrected chi connectivity index (χ2v) is 11.1. The first kappa shape index (κ1) is 25.4. The van der Waals surface area contributed by atoms with E-state index in [4.69, 9.17) is 17.3 Å². The Balaban J connectivity index is 1.18. The molecular weight excluding hydrogens is 481 g/mol. The number of likely N-dealkylation sites (tertiary alicyclic amines) is 1. The molecule has 6 rings (SSSR count). The molecular formula is C29H34BN3O5. The van der Waals surface area contributed by atoms with E-state index in [0.29, 0.717) is 68.2 Å². The van der Waals surface area contributed by atoms with Gasteiger partial charge in [-0.05, 0) is 68.4 Å². The summed E-state index contributed by atoms with van der Waals surface area (Å²) in [5, 5.41) is 14.2. The minimum Gasteiger partial charge on any atom is -0.493 e. The summed E-state index contributed by atoms with van der Waals surface area (Å²) >= 11 is 0. The third-order valence-corrected chi connectivity index (χ3v) is 8.65. The molecule has 3 atom stereocenters. The molecule has 0 saturated carbocycles. The van der Waals surface area contributed by atoms with Gasteiger partial charge in [-0.25, -0.2) is 0 Å². The molecule has 3 fully saturated rings. The molecule has 0 aliphatic carbocycles. The lowest BCUT2D eigenvalue weighted by Crippen LogP contribution is -2.65. The van der Waals surface area contributed by atoms with Crippen LogP contribution in [0.4, 0.5) is 0 Å². The number of hydrogen-bond donors (Lipinski definition) is 2. The summed E-state index contributed by atoms with van der Waals surface area (Å²) in [6.45, 7) is 4.46. The number of morpholine rings is 1. The van der Waals surface area contributed by atoms with Gasteiger partial charge in [-0.2, -0.15) is 0 Å². The van der Waals surface area contributed by atoms with Crippen molar-refractivity contribution in [3.8, 4) is 5.75 Å². The Bertz CT molecular complexity index is 1230. The number of ether oxygens (including phenoxy) is 2. The predicted octanol–water partition coefficient (Wildman–Crippen LogP) is 2.18. The van der Waals surface area contributed by atoms with Crippen LogP contribution < -0.4 is 10.1 Å². The SMILES string of the molecule is [B]C1(O)NC2(CCN(C(=O)c3ccc(C(=O)N4C5CCC4COC5)cc3OCC)CC2)Cc2ccccc21. The molecule has 2 aromatic carbocycles. The molecule has 1 spiro atoms. The molecule has 198 valence electrons. The number of piperidine rings is 1.